The second-order valence-corrected chi connectivity index (χ2v) is 4.03. The van der Waals surface area contributed by atoms with Gasteiger partial charge in [0.15, 0.2) is 0 Å². The molecule has 0 aliphatic heterocycles. The van der Waals surface area contributed by atoms with Gasteiger partial charge < -0.3 is 15.7 Å². The number of hydrogen-bond acceptors (Lipinski definition) is 3. The Morgan fingerprint density at radius 3 is 2.75 bits per heavy atom. The van der Waals surface area contributed by atoms with Gasteiger partial charge in [0.1, 0.15) is 0 Å². The number of rotatable bonds is 6. The van der Waals surface area contributed by atoms with Crippen molar-refractivity contribution in [3.8, 4) is 0 Å². The molecule has 90 valence electrons. The van der Waals surface area contributed by atoms with Gasteiger partial charge in [0, 0.05) is 12.6 Å². The summed E-state index contributed by atoms with van der Waals surface area (Å²) in [5.74, 6) is -1.15. The monoisotopic (exact) mass is 226 g/mol. The summed E-state index contributed by atoms with van der Waals surface area (Å²) < 4.78 is 0. The van der Waals surface area contributed by atoms with Crippen molar-refractivity contribution in [3.05, 3.63) is 12.7 Å². The SMILES string of the molecule is C=CCNCC(=O)NC1CCC(C(=O)O)C1. The lowest BCUT2D eigenvalue weighted by Gasteiger charge is -2.12. The van der Waals surface area contributed by atoms with E-state index in [2.05, 4.69) is 17.2 Å². The van der Waals surface area contributed by atoms with E-state index < -0.39 is 5.97 Å². The Bertz CT molecular complexity index is 278. The number of amides is 1. The van der Waals surface area contributed by atoms with Crippen LogP contribution in [0.5, 0.6) is 0 Å². The van der Waals surface area contributed by atoms with E-state index in [0.717, 1.165) is 6.42 Å². The van der Waals surface area contributed by atoms with Gasteiger partial charge in [-0.15, -0.1) is 6.58 Å². The Balaban J connectivity index is 2.20. The predicted octanol–water partition coefficient (Wildman–Crippen LogP) is 0.131. The van der Waals surface area contributed by atoms with Crippen molar-refractivity contribution in [1.29, 1.82) is 0 Å². The molecule has 1 amide bonds. The van der Waals surface area contributed by atoms with Crippen LogP contribution in [0.25, 0.3) is 0 Å². The van der Waals surface area contributed by atoms with Crippen LogP contribution in [0.1, 0.15) is 19.3 Å². The van der Waals surface area contributed by atoms with Crippen molar-refractivity contribution < 1.29 is 14.7 Å². The summed E-state index contributed by atoms with van der Waals surface area (Å²) in [4.78, 5) is 22.1. The molecule has 1 aliphatic carbocycles. The molecule has 0 aromatic carbocycles. The highest BCUT2D eigenvalue weighted by molar-refractivity contribution is 5.78. The van der Waals surface area contributed by atoms with E-state index in [1.807, 2.05) is 0 Å². The summed E-state index contributed by atoms with van der Waals surface area (Å²) in [5.41, 5.74) is 0. The van der Waals surface area contributed by atoms with Crippen molar-refractivity contribution in [2.45, 2.75) is 25.3 Å². The van der Waals surface area contributed by atoms with Crippen LogP contribution in [-0.4, -0.2) is 36.1 Å². The van der Waals surface area contributed by atoms with E-state index in [1.54, 1.807) is 6.08 Å². The van der Waals surface area contributed by atoms with Crippen LogP contribution in [0.2, 0.25) is 0 Å². The fourth-order valence-corrected chi connectivity index (χ4v) is 1.90. The van der Waals surface area contributed by atoms with E-state index in [0.29, 0.717) is 19.4 Å². The Morgan fingerprint density at radius 1 is 1.44 bits per heavy atom. The molecule has 5 heteroatoms. The smallest absolute Gasteiger partial charge is 0.306 e. The van der Waals surface area contributed by atoms with Gasteiger partial charge in [-0.2, -0.15) is 0 Å². The van der Waals surface area contributed by atoms with Crippen molar-refractivity contribution >= 4 is 11.9 Å². The molecular weight excluding hydrogens is 208 g/mol. The third kappa shape index (κ3) is 4.02. The van der Waals surface area contributed by atoms with Crippen LogP contribution in [0, 0.1) is 5.92 Å². The van der Waals surface area contributed by atoms with E-state index in [-0.39, 0.29) is 24.4 Å². The third-order valence-electron chi connectivity index (χ3n) is 2.72. The molecule has 0 spiro atoms. The molecule has 3 N–H and O–H groups in total. The predicted molar refractivity (Wildman–Crippen MR) is 60.0 cm³/mol. The van der Waals surface area contributed by atoms with Gasteiger partial charge >= 0.3 is 5.97 Å². The van der Waals surface area contributed by atoms with Gasteiger partial charge in [-0.05, 0) is 19.3 Å². The van der Waals surface area contributed by atoms with Crippen LogP contribution < -0.4 is 10.6 Å². The molecule has 0 aromatic heterocycles. The van der Waals surface area contributed by atoms with Crippen LogP contribution in [0.3, 0.4) is 0 Å². The molecule has 1 rings (SSSR count). The fourth-order valence-electron chi connectivity index (χ4n) is 1.90. The first kappa shape index (κ1) is 12.7. The van der Waals surface area contributed by atoms with E-state index in [9.17, 15) is 9.59 Å². The lowest BCUT2D eigenvalue weighted by molar-refractivity contribution is -0.141. The van der Waals surface area contributed by atoms with Gasteiger partial charge in [-0.3, -0.25) is 9.59 Å². The summed E-state index contributed by atoms with van der Waals surface area (Å²) in [6.07, 6.45) is 3.64. The lowest BCUT2D eigenvalue weighted by atomic mass is 10.1. The molecule has 0 saturated heterocycles. The average molecular weight is 226 g/mol. The Labute approximate surface area is 94.9 Å². The fraction of sp³-hybridized carbons (Fsp3) is 0.636. The van der Waals surface area contributed by atoms with Crippen LogP contribution in [0.15, 0.2) is 12.7 Å². The molecule has 5 nitrogen and oxygen atoms in total. The van der Waals surface area contributed by atoms with Crippen LogP contribution in [0.4, 0.5) is 0 Å². The van der Waals surface area contributed by atoms with Gasteiger partial charge in [-0.1, -0.05) is 6.08 Å². The molecule has 2 atom stereocenters. The Morgan fingerprint density at radius 2 is 2.19 bits per heavy atom. The van der Waals surface area contributed by atoms with Gasteiger partial charge in [-0.25, -0.2) is 0 Å². The average Bonchev–Trinajstić information content (AvgIpc) is 2.66. The molecule has 0 radical (unpaired) electrons. The standard InChI is InChI=1S/C11H18N2O3/c1-2-5-12-7-10(14)13-9-4-3-8(6-9)11(15)16/h2,8-9,12H,1,3-7H2,(H,13,14)(H,15,16). The van der Waals surface area contributed by atoms with Gasteiger partial charge in [0.05, 0.1) is 12.5 Å². The third-order valence-corrected chi connectivity index (χ3v) is 2.72. The largest absolute Gasteiger partial charge is 0.481 e. The molecular formula is C11H18N2O3. The molecule has 1 fully saturated rings. The van der Waals surface area contributed by atoms with Crippen molar-refractivity contribution in [1.82, 2.24) is 10.6 Å². The summed E-state index contributed by atoms with van der Waals surface area (Å²) in [5, 5.41) is 14.5. The van der Waals surface area contributed by atoms with E-state index >= 15 is 0 Å². The minimum atomic E-state index is -0.762. The number of aliphatic carboxylic acids is 1. The number of carboxylic acid groups (broad SMARTS) is 1. The maximum absolute atomic E-state index is 11.4. The van der Waals surface area contributed by atoms with Crippen molar-refractivity contribution in [3.63, 3.8) is 0 Å². The van der Waals surface area contributed by atoms with Crippen LogP contribution >= 0.6 is 0 Å². The molecule has 0 bridgehead atoms. The normalized spacial score (nSPS) is 24.0. The number of carbonyl (C=O) groups excluding carboxylic acids is 1. The van der Waals surface area contributed by atoms with E-state index in [4.69, 9.17) is 5.11 Å². The number of nitrogens with one attached hydrogen (secondary N) is 2. The zero-order valence-corrected chi connectivity index (χ0v) is 9.24. The first-order valence-electron chi connectivity index (χ1n) is 5.47. The zero-order valence-electron chi connectivity index (χ0n) is 9.24. The second kappa shape index (κ2) is 6.27. The highest BCUT2D eigenvalue weighted by Gasteiger charge is 2.30. The topological polar surface area (TPSA) is 78.4 Å². The minimum Gasteiger partial charge on any atom is -0.481 e. The van der Waals surface area contributed by atoms with Crippen molar-refractivity contribution in [2.75, 3.05) is 13.1 Å². The number of carbonyl (C=O) groups is 2. The van der Waals surface area contributed by atoms with Gasteiger partial charge in [0.2, 0.25) is 5.91 Å². The summed E-state index contributed by atoms with van der Waals surface area (Å²) >= 11 is 0. The van der Waals surface area contributed by atoms with Crippen molar-refractivity contribution in [2.24, 2.45) is 5.92 Å². The molecule has 2 unspecified atom stereocenters. The quantitative estimate of drug-likeness (QED) is 0.444. The summed E-state index contributed by atoms with van der Waals surface area (Å²) in [6, 6.07) is 0.0131. The second-order valence-electron chi connectivity index (χ2n) is 4.03. The summed E-state index contributed by atoms with van der Waals surface area (Å²) in [7, 11) is 0. The molecule has 0 aromatic rings. The summed E-state index contributed by atoms with van der Waals surface area (Å²) in [6.45, 7) is 4.37. The Hall–Kier alpha value is -1.36. The molecule has 0 heterocycles. The molecule has 1 aliphatic rings. The van der Waals surface area contributed by atoms with Crippen LogP contribution in [-0.2, 0) is 9.59 Å². The first-order chi connectivity index (χ1) is 7.63. The molecule has 1 saturated carbocycles. The Kier molecular flexibility index (Phi) is 4.98. The minimum absolute atomic E-state index is 0.0131. The molecule has 16 heavy (non-hydrogen) atoms. The zero-order chi connectivity index (χ0) is 12.0. The maximum Gasteiger partial charge on any atom is 0.306 e. The number of hydrogen-bond donors (Lipinski definition) is 3. The number of carboxylic acids is 1. The lowest BCUT2D eigenvalue weighted by Crippen LogP contribution is -2.39. The van der Waals surface area contributed by atoms with Gasteiger partial charge in [0.25, 0.3) is 0 Å². The highest BCUT2D eigenvalue weighted by Crippen LogP contribution is 2.25. The van der Waals surface area contributed by atoms with E-state index in [1.165, 1.54) is 0 Å². The maximum atomic E-state index is 11.4. The highest BCUT2D eigenvalue weighted by atomic mass is 16.4. The first-order valence-corrected chi connectivity index (χ1v) is 5.47.